The second-order valence-corrected chi connectivity index (χ2v) is 2.31. The molecule has 0 atom stereocenters. The minimum absolute atomic E-state index is 0.0344. The van der Waals surface area contributed by atoms with Crippen LogP contribution in [0.3, 0.4) is 0 Å². The Morgan fingerprint density at radius 3 is 2.67 bits per heavy atom. The van der Waals surface area contributed by atoms with Crippen LogP contribution in [0.15, 0.2) is 15.7 Å². The third kappa shape index (κ3) is 0.849. The van der Waals surface area contributed by atoms with E-state index in [2.05, 4.69) is 9.97 Å². The first-order valence-corrected chi connectivity index (χ1v) is 3.17. The number of halogens is 1. The molecule has 2 heterocycles. The second-order valence-electron chi connectivity index (χ2n) is 2.31. The molecule has 62 valence electrons. The Labute approximate surface area is 64.3 Å². The van der Waals surface area contributed by atoms with E-state index in [1.54, 1.807) is 0 Å². The van der Waals surface area contributed by atoms with Gasteiger partial charge in [0.2, 0.25) is 0 Å². The summed E-state index contributed by atoms with van der Waals surface area (Å²) in [4.78, 5) is 28.0. The van der Waals surface area contributed by atoms with Crippen LogP contribution in [0.25, 0.3) is 11.0 Å². The third-order valence-electron chi connectivity index (χ3n) is 1.49. The molecule has 5 nitrogen and oxygen atoms in total. The van der Waals surface area contributed by atoms with Gasteiger partial charge in [-0.05, 0) is 0 Å². The highest BCUT2D eigenvalue weighted by Crippen LogP contribution is 2.03. The summed E-state index contributed by atoms with van der Waals surface area (Å²) >= 11 is 0. The van der Waals surface area contributed by atoms with Crippen molar-refractivity contribution < 1.29 is 4.39 Å². The van der Waals surface area contributed by atoms with Crippen LogP contribution in [0, 0.1) is 5.95 Å². The number of nitrogens with one attached hydrogen (secondary N) is 3. The third-order valence-corrected chi connectivity index (χ3v) is 1.49. The minimum Gasteiger partial charge on any atom is -0.326 e. The van der Waals surface area contributed by atoms with Gasteiger partial charge in [0.25, 0.3) is 5.56 Å². The van der Waals surface area contributed by atoms with Crippen molar-refractivity contribution in [2.45, 2.75) is 0 Å². The van der Waals surface area contributed by atoms with Gasteiger partial charge in [-0.15, -0.1) is 0 Å². The van der Waals surface area contributed by atoms with Gasteiger partial charge in [0, 0.05) is 6.07 Å². The predicted molar refractivity (Wildman–Crippen MR) is 39.5 cm³/mol. The summed E-state index contributed by atoms with van der Waals surface area (Å²) in [5.41, 5.74) is -1.07. The molecule has 0 aliphatic rings. The van der Waals surface area contributed by atoms with Crippen molar-refractivity contribution in [3.05, 3.63) is 32.9 Å². The predicted octanol–water partition coefficient (Wildman–Crippen LogP) is -0.316. The van der Waals surface area contributed by atoms with Gasteiger partial charge in [-0.25, -0.2) is 4.79 Å². The van der Waals surface area contributed by atoms with E-state index >= 15 is 0 Å². The maximum atomic E-state index is 12.5. The lowest BCUT2D eigenvalue weighted by molar-refractivity contribution is 0.594. The van der Waals surface area contributed by atoms with Crippen molar-refractivity contribution in [1.29, 1.82) is 0 Å². The fraction of sp³-hybridized carbons (Fsp3) is 0. The molecule has 0 aliphatic heterocycles. The van der Waals surface area contributed by atoms with Gasteiger partial charge >= 0.3 is 5.69 Å². The van der Waals surface area contributed by atoms with Crippen molar-refractivity contribution in [3.63, 3.8) is 0 Å². The summed E-state index contributed by atoms with van der Waals surface area (Å²) in [7, 11) is 0. The molecule has 0 fully saturated rings. The number of H-pyrrole nitrogens is 3. The number of hydrogen-bond donors (Lipinski definition) is 3. The number of fused-ring (bicyclic) bond motifs is 1. The zero-order valence-electron chi connectivity index (χ0n) is 5.77. The quantitative estimate of drug-likeness (QED) is 0.505. The smallest absolute Gasteiger partial charge is 0.326 e. The molecular weight excluding hydrogens is 165 g/mol. The molecule has 2 rings (SSSR count). The van der Waals surface area contributed by atoms with Gasteiger partial charge in [-0.3, -0.25) is 9.78 Å². The molecule has 0 radical (unpaired) electrons. The molecule has 0 saturated heterocycles. The molecule has 3 N–H and O–H groups in total. The lowest BCUT2D eigenvalue weighted by Crippen LogP contribution is -2.21. The van der Waals surface area contributed by atoms with Crippen LogP contribution >= 0.6 is 0 Å². The van der Waals surface area contributed by atoms with Crippen LogP contribution < -0.4 is 11.2 Å². The van der Waals surface area contributed by atoms with Crippen LogP contribution in [-0.2, 0) is 0 Å². The van der Waals surface area contributed by atoms with E-state index in [1.165, 1.54) is 0 Å². The first-order chi connectivity index (χ1) is 5.66. The normalized spacial score (nSPS) is 10.8. The number of rotatable bonds is 0. The first kappa shape index (κ1) is 6.84. The summed E-state index contributed by atoms with van der Waals surface area (Å²) in [6, 6.07) is 1.05. The van der Waals surface area contributed by atoms with Crippen LogP contribution in [0.1, 0.15) is 0 Å². The Hall–Kier alpha value is -1.85. The molecule has 2 aromatic rings. The molecule has 0 aliphatic carbocycles. The maximum absolute atomic E-state index is 12.5. The fourth-order valence-corrected chi connectivity index (χ4v) is 1.02. The van der Waals surface area contributed by atoms with E-state index in [-0.39, 0.29) is 11.0 Å². The van der Waals surface area contributed by atoms with Crippen molar-refractivity contribution >= 4 is 11.0 Å². The van der Waals surface area contributed by atoms with Gasteiger partial charge in [0.15, 0.2) is 5.95 Å². The van der Waals surface area contributed by atoms with Crippen molar-refractivity contribution in [2.24, 2.45) is 0 Å². The fourth-order valence-electron chi connectivity index (χ4n) is 1.02. The SMILES string of the molecule is O=c1[nH]c(=O)c2[nH]c(F)cc2[nH]1. The zero-order chi connectivity index (χ0) is 8.72. The standard InChI is InChI=1S/C6H4FN3O2/c7-3-1-2-4(9-3)5(11)10-6(12)8-2/h1,9H,(H2,8,10,11,12). The molecule has 12 heavy (non-hydrogen) atoms. The monoisotopic (exact) mass is 169 g/mol. The Bertz CT molecular complexity index is 535. The Kier molecular flexibility index (Phi) is 1.18. The largest absolute Gasteiger partial charge is 0.326 e. The van der Waals surface area contributed by atoms with E-state index in [0.717, 1.165) is 6.07 Å². The highest BCUT2D eigenvalue weighted by Gasteiger charge is 2.03. The molecule has 0 saturated carbocycles. The molecule has 0 amide bonds. The summed E-state index contributed by atoms with van der Waals surface area (Å²) in [5, 5.41) is 0. The molecule has 6 heteroatoms. The van der Waals surface area contributed by atoms with Crippen LogP contribution in [0.5, 0.6) is 0 Å². The van der Waals surface area contributed by atoms with Crippen LogP contribution in [-0.4, -0.2) is 15.0 Å². The lowest BCUT2D eigenvalue weighted by Gasteiger charge is -1.84. The molecule has 0 spiro atoms. The zero-order valence-corrected chi connectivity index (χ0v) is 5.77. The number of hydrogen-bond acceptors (Lipinski definition) is 2. The summed E-state index contributed by atoms with van der Waals surface area (Å²) < 4.78 is 12.5. The highest BCUT2D eigenvalue weighted by molar-refractivity contribution is 5.73. The molecule has 0 unspecified atom stereocenters. The highest BCUT2D eigenvalue weighted by atomic mass is 19.1. The van der Waals surface area contributed by atoms with Crippen molar-refractivity contribution in [1.82, 2.24) is 15.0 Å². The van der Waals surface area contributed by atoms with Crippen LogP contribution in [0.2, 0.25) is 0 Å². The summed E-state index contributed by atoms with van der Waals surface area (Å²) in [6.07, 6.45) is 0. The average molecular weight is 169 g/mol. The summed E-state index contributed by atoms with van der Waals surface area (Å²) in [6.45, 7) is 0. The molecular formula is C6H4FN3O2. The lowest BCUT2D eigenvalue weighted by atomic mass is 10.5. The maximum Gasteiger partial charge on any atom is 0.326 e. The van der Waals surface area contributed by atoms with Crippen LogP contribution in [0.4, 0.5) is 4.39 Å². The molecule has 0 bridgehead atoms. The van der Waals surface area contributed by atoms with Gasteiger partial charge in [0.1, 0.15) is 5.52 Å². The number of aromatic nitrogens is 3. The molecule has 0 aromatic carbocycles. The minimum atomic E-state index is -0.655. The first-order valence-electron chi connectivity index (χ1n) is 3.17. The van der Waals surface area contributed by atoms with E-state index < -0.39 is 17.2 Å². The topological polar surface area (TPSA) is 81.5 Å². The van der Waals surface area contributed by atoms with Gasteiger partial charge in [0.05, 0.1) is 5.52 Å². The Morgan fingerprint density at radius 2 is 1.92 bits per heavy atom. The van der Waals surface area contributed by atoms with Gasteiger partial charge in [-0.1, -0.05) is 0 Å². The average Bonchev–Trinajstić information content (AvgIpc) is 2.29. The summed E-state index contributed by atoms with van der Waals surface area (Å²) in [5.74, 6) is -0.655. The number of aromatic amines is 3. The Morgan fingerprint density at radius 1 is 1.17 bits per heavy atom. The van der Waals surface area contributed by atoms with Crippen molar-refractivity contribution in [2.75, 3.05) is 0 Å². The van der Waals surface area contributed by atoms with Gasteiger partial charge in [-0.2, -0.15) is 4.39 Å². The molecule has 2 aromatic heterocycles. The Balaban J connectivity index is 3.08. The van der Waals surface area contributed by atoms with Gasteiger partial charge < -0.3 is 9.97 Å². The van der Waals surface area contributed by atoms with E-state index in [9.17, 15) is 14.0 Å². The van der Waals surface area contributed by atoms with E-state index in [4.69, 9.17) is 0 Å². The van der Waals surface area contributed by atoms with Crippen molar-refractivity contribution in [3.8, 4) is 0 Å². The second kappa shape index (κ2) is 2.07. The van der Waals surface area contributed by atoms with E-state index in [1.807, 2.05) is 4.98 Å². The van der Waals surface area contributed by atoms with E-state index in [0.29, 0.717) is 0 Å².